The quantitative estimate of drug-likeness (QED) is 0.0563. The summed E-state index contributed by atoms with van der Waals surface area (Å²) in [5.41, 5.74) is 6.54. The number of nitriles is 4. The number of rotatable bonds is 22. The molecule has 3 aromatic rings. The van der Waals surface area contributed by atoms with Crippen LogP contribution in [0.15, 0.2) is 60.7 Å². The molecule has 0 aromatic heterocycles. The molecule has 0 unspecified atom stereocenters. The highest BCUT2D eigenvalue weighted by molar-refractivity contribution is 5.87. The zero-order chi connectivity index (χ0) is 41.9. The van der Waals surface area contributed by atoms with Gasteiger partial charge in [0.1, 0.15) is 18.2 Å². The normalized spacial score (nSPS) is 15.0. The Morgan fingerprint density at radius 2 is 1.45 bits per heavy atom. The van der Waals surface area contributed by atoms with E-state index in [1.165, 1.54) is 45.4 Å². The first-order chi connectivity index (χ1) is 28.1. The van der Waals surface area contributed by atoms with Crippen LogP contribution in [0.2, 0.25) is 0 Å². The number of benzene rings is 3. The monoisotopic (exact) mass is 782 g/mol. The lowest BCUT2D eigenvalue weighted by atomic mass is 9.76. The van der Waals surface area contributed by atoms with Gasteiger partial charge in [0.15, 0.2) is 0 Å². The fraction of sp³-hybridized carbons (Fsp3) is 0.500. The summed E-state index contributed by atoms with van der Waals surface area (Å²) in [5.74, 6) is 0.937. The highest BCUT2D eigenvalue weighted by Gasteiger charge is 2.34. The van der Waals surface area contributed by atoms with Crippen LogP contribution in [0.1, 0.15) is 139 Å². The lowest BCUT2D eigenvalue weighted by molar-refractivity contribution is -0.143. The van der Waals surface area contributed by atoms with Crippen molar-refractivity contribution in [3.05, 3.63) is 88.8 Å². The Balaban J connectivity index is 1.68. The summed E-state index contributed by atoms with van der Waals surface area (Å²) in [5, 5.41) is 38.1. The maximum Gasteiger partial charge on any atom is 0.333 e. The summed E-state index contributed by atoms with van der Waals surface area (Å²) in [6.45, 7) is 9.27. The van der Waals surface area contributed by atoms with E-state index in [4.69, 9.17) is 9.47 Å². The van der Waals surface area contributed by atoms with E-state index in [1.807, 2.05) is 18.2 Å². The van der Waals surface area contributed by atoms with E-state index < -0.39 is 11.4 Å². The minimum Gasteiger partial charge on any atom is -0.493 e. The number of ether oxygens (including phenoxy) is 2. The third-order valence-corrected chi connectivity index (χ3v) is 11.7. The standard InChI is InChI=1S/C50H59FN4O3/c1-5-7-8-13-37-16-18-39(19-17-37)40-20-22-44(47(51)33-40)46-32-41(14-9-11-26-52)45(31-38(46)6-2)42-21-23-48(43(30-42)15-10-12-27-53)57-34-50(24-28-54,25-29-55)35-58-49(56)36(3)4/h20-23,30-33,37,39H,3,5-19,24-25,34-35H2,1-2,4H3. The summed E-state index contributed by atoms with van der Waals surface area (Å²) in [6, 6.07) is 24.7. The fourth-order valence-corrected chi connectivity index (χ4v) is 8.19. The van der Waals surface area contributed by atoms with Gasteiger partial charge in [0.05, 0.1) is 36.3 Å². The average molecular weight is 783 g/mol. The van der Waals surface area contributed by atoms with Crippen molar-refractivity contribution in [2.24, 2.45) is 11.3 Å². The van der Waals surface area contributed by atoms with E-state index in [2.05, 4.69) is 69.0 Å². The molecule has 4 rings (SSSR count). The van der Waals surface area contributed by atoms with Gasteiger partial charge in [-0.25, -0.2) is 9.18 Å². The first kappa shape index (κ1) is 45.3. The van der Waals surface area contributed by atoms with Crippen molar-refractivity contribution in [2.45, 2.75) is 136 Å². The second kappa shape index (κ2) is 23.1. The molecule has 0 N–H and O–H groups in total. The average Bonchev–Trinajstić information content (AvgIpc) is 3.22. The van der Waals surface area contributed by atoms with Gasteiger partial charge in [-0.3, -0.25) is 0 Å². The maximum atomic E-state index is 16.2. The lowest BCUT2D eigenvalue weighted by Crippen LogP contribution is -2.34. The molecule has 0 heterocycles. The number of halogens is 1. The Morgan fingerprint density at radius 1 is 0.776 bits per heavy atom. The number of carbonyl (C=O) groups is 1. The molecule has 3 aromatic carbocycles. The van der Waals surface area contributed by atoms with Crippen molar-refractivity contribution in [2.75, 3.05) is 13.2 Å². The van der Waals surface area contributed by atoms with Crippen LogP contribution < -0.4 is 4.74 Å². The molecule has 0 radical (unpaired) electrons. The number of unbranched alkanes of at least 4 members (excludes halogenated alkanes) is 4. The summed E-state index contributed by atoms with van der Waals surface area (Å²) in [6.07, 6.45) is 13.6. The van der Waals surface area contributed by atoms with E-state index in [1.54, 1.807) is 6.07 Å². The van der Waals surface area contributed by atoms with E-state index >= 15 is 4.39 Å². The molecule has 1 aliphatic rings. The molecule has 0 amide bonds. The van der Waals surface area contributed by atoms with E-state index in [0.717, 1.165) is 57.7 Å². The number of aryl methyl sites for hydroxylation is 3. The highest BCUT2D eigenvalue weighted by atomic mass is 19.1. The molecule has 1 fully saturated rings. The van der Waals surface area contributed by atoms with Crippen LogP contribution in [0.25, 0.3) is 22.3 Å². The minimum absolute atomic E-state index is 0.0407. The van der Waals surface area contributed by atoms with Crippen LogP contribution in [-0.2, 0) is 28.8 Å². The van der Waals surface area contributed by atoms with Crippen LogP contribution in [0, 0.1) is 62.5 Å². The zero-order valence-corrected chi connectivity index (χ0v) is 34.8. The van der Waals surface area contributed by atoms with Gasteiger partial charge in [0, 0.05) is 36.8 Å². The molecular weight excluding hydrogens is 724 g/mol. The van der Waals surface area contributed by atoms with Crippen molar-refractivity contribution in [1.82, 2.24) is 0 Å². The number of esters is 1. The van der Waals surface area contributed by atoms with Crippen molar-refractivity contribution in [1.29, 1.82) is 21.0 Å². The molecule has 1 saturated carbocycles. The van der Waals surface area contributed by atoms with Gasteiger partial charge in [0.25, 0.3) is 0 Å². The van der Waals surface area contributed by atoms with Crippen molar-refractivity contribution in [3.63, 3.8) is 0 Å². The molecule has 0 atom stereocenters. The van der Waals surface area contributed by atoms with Crippen LogP contribution in [-0.4, -0.2) is 19.2 Å². The summed E-state index contributed by atoms with van der Waals surface area (Å²) < 4.78 is 28.0. The Bertz CT molecular complexity index is 2020. The molecule has 0 spiro atoms. The molecule has 0 bridgehead atoms. The lowest BCUT2D eigenvalue weighted by Gasteiger charge is -2.29. The third-order valence-electron chi connectivity index (χ3n) is 11.7. The number of nitrogens with zero attached hydrogens (tertiary/aromatic N) is 4. The number of carbonyl (C=O) groups excluding carboxylic acids is 1. The van der Waals surface area contributed by atoms with Gasteiger partial charge in [-0.05, 0) is 134 Å². The van der Waals surface area contributed by atoms with Crippen molar-refractivity contribution in [3.8, 4) is 52.3 Å². The third kappa shape index (κ3) is 12.5. The SMILES string of the molecule is C=C(C)C(=O)OCC(CC#N)(CC#N)COc1ccc(-c2cc(CC)c(-c3ccc(C4CCC(CCCCC)CC4)cc3F)cc2CCCC#N)cc1CCCC#N. The van der Waals surface area contributed by atoms with Gasteiger partial charge in [0.2, 0.25) is 0 Å². The summed E-state index contributed by atoms with van der Waals surface area (Å²) >= 11 is 0. The predicted octanol–water partition coefficient (Wildman–Crippen LogP) is 12.6. The van der Waals surface area contributed by atoms with E-state index in [0.29, 0.717) is 62.2 Å². The highest BCUT2D eigenvalue weighted by Crippen LogP contribution is 2.41. The first-order valence-corrected chi connectivity index (χ1v) is 21.1. The van der Waals surface area contributed by atoms with Gasteiger partial charge in [-0.1, -0.05) is 76.4 Å². The minimum atomic E-state index is -1.06. The smallest absolute Gasteiger partial charge is 0.333 e. The maximum absolute atomic E-state index is 16.2. The van der Waals surface area contributed by atoms with Gasteiger partial charge in [-0.2, -0.15) is 21.0 Å². The topological polar surface area (TPSA) is 131 Å². The van der Waals surface area contributed by atoms with Crippen LogP contribution in [0.3, 0.4) is 0 Å². The largest absolute Gasteiger partial charge is 0.493 e. The van der Waals surface area contributed by atoms with Gasteiger partial charge >= 0.3 is 5.97 Å². The zero-order valence-electron chi connectivity index (χ0n) is 34.8. The molecule has 7 nitrogen and oxygen atoms in total. The molecule has 58 heavy (non-hydrogen) atoms. The Kier molecular flexibility index (Phi) is 18.0. The molecule has 304 valence electrons. The van der Waals surface area contributed by atoms with Gasteiger partial charge < -0.3 is 9.47 Å². The summed E-state index contributed by atoms with van der Waals surface area (Å²) in [7, 11) is 0. The number of hydrogen-bond donors (Lipinski definition) is 0. The molecule has 1 aliphatic carbocycles. The Hall–Kier alpha value is -5.44. The van der Waals surface area contributed by atoms with E-state index in [-0.39, 0.29) is 37.4 Å². The van der Waals surface area contributed by atoms with Crippen molar-refractivity contribution >= 4 is 5.97 Å². The van der Waals surface area contributed by atoms with Crippen LogP contribution >= 0.6 is 0 Å². The van der Waals surface area contributed by atoms with Crippen LogP contribution in [0.4, 0.5) is 4.39 Å². The molecular formula is C50H59FN4O3. The molecule has 8 heteroatoms. The van der Waals surface area contributed by atoms with E-state index in [9.17, 15) is 25.8 Å². The van der Waals surface area contributed by atoms with Crippen LogP contribution in [0.5, 0.6) is 5.75 Å². The molecule has 0 saturated heterocycles. The molecule has 0 aliphatic heterocycles. The Morgan fingerprint density at radius 3 is 2.05 bits per heavy atom. The second-order valence-electron chi connectivity index (χ2n) is 16.1. The predicted molar refractivity (Wildman–Crippen MR) is 227 cm³/mol. The van der Waals surface area contributed by atoms with Gasteiger partial charge in [-0.15, -0.1) is 0 Å². The Labute approximate surface area is 346 Å². The second-order valence-corrected chi connectivity index (χ2v) is 16.1. The summed E-state index contributed by atoms with van der Waals surface area (Å²) in [4.78, 5) is 12.2. The van der Waals surface area contributed by atoms with Crippen molar-refractivity contribution < 1.29 is 18.7 Å². The first-order valence-electron chi connectivity index (χ1n) is 21.1. The fourth-order valence-electron chi connectivity index (χ4n) is 8.19. The number of hydrogen-bond acceptors (Lipinski definition) is 7.